The van der Waals surface area contributed by atoms with Gasteiger partial charge in [0.15, 0.2) is 0 Å². The molecule has 0 aromatic heterocycles. The minimum absolute atomic E-state index is 0.752. The largest absolute Gasteiger partial charge is 0.317 e. The first-order valence-electron chi connectivity index (χ1n) is 7.76. The molecule has 1 aliphatic heterocycles. The van der Waals surface area contributed by atoms with Crippen molar-refractivity contribution in [1.82, 2.24) is 10.2 Å². The van der Waals surface area contributed by atoms with Crippen LogP contribution in [-0.4, -0.2) is 36.6 Å². The van der Waals surface area contributed by atoms with Crippen molar-refractivity contribution in [2.45, 2.75) is 77.8 Å². The van der Waals surface area contributed by atoms with E-state index in [0.29, 0.717) is 0 Å². The van der Waals surface area contributed by atoms with Crippen LogP contribution in [0.4, 0.5) is 0 Å². The van der Waals surface area contributed by atoms with E-state index in [9.17, 15) is 0 Å². The molecule has 1 rings (SSSR count). The van der Waals surface area contributed by atoms with E-state index in [2.05, 4.69) is 31.0 Å². The van der Waals surface area contributed by atoms with E-state index in [1.165, 1.54) is 64.6 Å². The normalized spacial score (nSPS) is 24.5. The summed E-state index contributed by atoms with van der Waals surface area (Å²) >= 11 is 0. The van der Waals surface area contributed by atoms with Crippen LogP contribution >= 0.6 is 0 Å². The maximum Gasteiger partial charge on any atom is 0.00954 e. The van der Waals surface area contributed by atoms with E-state index in [1.807, 2.05) is 0 Å². The molecule has 1 aliphatic rings. The summed E-state index contributed by atoms with van der Waals surface area (Å²) in [6.45, 7) is 10.7. The fraction of sp³-hybridized carbons (Fsp3) is 1.00. The maximum absolute atomic E-state index is 3.53. The standard InChI is InChI=1S/C15H32N2/c1-4-11-16-12-10-14(3)17-13-8-6-7-9-15(17)5-2/h14-16H,4-13H2,1-3H3. The molecule has 0 bridgehead atoms. The van der Waals surface area contributed by atoms with E-state index in [-0.39, 0.29) is 0 Å². The first-order chi connectivity index (χ1) is 8.29. The SMILES string of the molecule is CCCNCCC(C)N1CCCCCC1CC. The number of hydrogen-bond acceptors (Lipinski definition) is 2. The lowest BCUT2D eigenvalue weighted by Gasteiger charge is -2.35. The number of likely N-dealkylation sites (tertiary alicyclic amines) is 1. The monoisotopic (exact) mass is 240 g/mol. The third-order valence-electron chi connectivity index (χ3n) is 4.13. The molecule has 0 amide bonds. The topological polar surface area (TPSA) is 15.3 Å². The van der Waals surface area contributed by atoms with E-state index in [4.69, 9.17) is 0 Å². The predicted octanol–water partition coefficient (Wildman–Crippen LogP) is 3.42. The summed E-state index contributed by atoms with van der Waals surface area (Å²) in [5, 5.41) is 3.53. The van der Waals surface area contributed by atoms with Gasteiger partial charge in [-0.3, -0.25) is 4.90 Å². The maximum atomic E-state index is 3.53. The molecule has 1 fully saturated rings. The Hall–Kier alpha value is -0.0800. The average Bonchev–Trinajstić information content (AvgIpc) is 2.59. The zero-order valence-electron chi connectivity index (χ0n) is 12.2. The van der Waals surface area contributed by atoms with E-state index in [0.717, 1.165) is 12.1 Å². The number of hydrogen-bond donors (Lipinski definition) is 1. The molecule has 2 atom stereocenters. The zero-order chi connectivity index (χ0) is 12.5. The second-order valence-electron chi connectivity index (χ2n) is 5.54. The van der Waals surface area contributed by atoms with Crippen LogP contribution in [0.25, 0.3) is 0 Å². The number of nitrogens with zero attached hydrogens (tertiary/aromatic N) is 1. The highest BCUT2D eigenvalue weighted by molar-refractivity contribution is 4.79. The van der Waals surface area contributed by atoms with Gasteiger partial charge in [0.1, 0.15) is 0 Å². The van der Waals surface area contributed by atoms with Crippen molar-refractivity contribution < 1.29 is 0 Å². The Labute approximate surface area is 108 Å². The van der Waals surface area contributed by atoms with E-state index >= 15 is 0 Å². The molecule has 1 saturated heterocycles. The lowest BCUT2D eigenvalue weighted by Crippen LogP contribution is -2.42. The second kappa shape index (κ2) is 8.93. The van der Waals surface area contributed by atoms with Crippen molar-refractivity contribution in [3.8, 4) is 0 Å². The molecular formula is C15H32N2. The summed E-state index contributed by atoms with van der Waals surface area (Å²) in [5.74, 6) is 0. The lowest BCUT2D eigenvalue weighted by atomic mass is 10.0. The van der Waals surface area contributed by atoms with Gasteiger partial charge in [0, 0.05) is 12.1 Å². The first kappa shape index (κ1) is 15.0. The number of rotatable bonds is 7. The van der Waals surface area contributed by atoms with Crippen molar-refractivity contribution in [3.05, 3.63) is 0 Å². The van der Waals surface area contributed by atoms with Gasteiger partial charge in [0.2, 0.25) is 0 Å². The molecule has 0 spiro atoms. The fourth-order valence-electron chi connectivity index (χ4n) is 3.00. The quantitative estimate of drug-likeness (QED) is 0.686. The van der Waals surface area contributed by atoms with Crippen molar-refractivity contribution >= 4 is 0 Å². The highest BCUT2D eigenvalue weighted by atomic mass is 15.2. The molecule has 17 heavy (non-hydrogen) atoms. The smallest absolute Gasteiger partial charge is 0.00954 e. The summed E-state index contributed by atoms with van der Waals surface area (Å²) in [6.07, 6.45) is 9.58. The second-order valence-corrected chi connectivity index (χ2v) is 5.54. The van der Waals surface area contributed by atoms with Crippen LogP contribution in [0.1, 0.15) is 65.7 Å². The molecule has 0 aromatic rings. The zero-order valence-corrected chi connectivity index (χ0v) is 12.2. The van der Waals surface area contributed by atoms with Gasteiger partial charge >= 0.3 is 0 Å². The van der Waals surface area contributed by atoms with E-state index in [1.54, 1.807) is 0 Å². The predicted molar refractivity (Wildman–Crippen MR) is 76.5 cm³/mol. The summed E-state index contributed by atoms with van der Waals surface area (Å²) in [5.41, 5.74) is 0. The Bertz CT molecular complexity index is 182. The molecule has 2 nitrogen and oxygen atoms in total. The first-order valence-corrected chi connectivity index (χ1v) is 7.76. The van der Waals surface area contributed by atoms with Crippen LogP contribution in [0.15, 0.2) is 0 Å². The molecule has 0 radical (unpaired) electrons. The summed E-state index contributed by atoms with van der Waals surface area (Å²) in [7, 11) is 0. The fourth-order valence-corrected chi connectivity index (χ4v) is 3.00. The van der Waals surface area contributed by atoms with Crippen LogP contribution in [-0.2, 0) is 0 Å². The third kappa shape index (κ3) is 5.39. The highest BCUT2D eigenvalue weighted by Gasteiger charge is 2.23. The summed E-state index contributed by atoms with van der Waals surface area (Å²) in [6, 6.07) is 1.60. The Morgan fingerprint density at radius 1 is 1.18 bits per heavy atom. The molecular weight excluding hydrogens is 208 g/mol. The van der Waals surface area contributed by atoms with Gasteiger partial charge in [-0.05, 0) is 58.7 Å². The molecule has 1 heterocycles. The van der Waals surface area contributed by atoms with Crippen molar-refractivity contribution in [3.63, 3.8) is 0 Å². The number of nitrogens with one attached hydrogen (secondary N) is 1. The van der Waals surface area contributed by atoms with Gasteiger partial charge in [-0.1, -0.05) is 26.7 Å². The van der Waals surface area contributed by atoms with Gasteiger partial charge in [0.25, 0.3) is 0 Å². The van der Waals surface area contributed by atoms with Gasteiger partial charge in [0.05, 0.1) is 0 Å². The van der Waals surface area contributed by atoms with E-state index < -0.39 is 0 Å². The minimum atomic E-state index is 0.752. The van der Waals surface area contributed by atoms with Crippen LogP contribution in [0.5, 0.6) is 0 Å². The van der Waals surface area contributed by atoms with Crippen LogP contribution in [0, 0.1) is 0 Å². The van der Waals surface area contributed by atoms with Gasteiger partial charge < -0.3 is 5.32 Å². The Kier molecular flexibility index (Phi) is 7.87. The van der Waals surface area contributed by atoms with Crippen LogP contribution in [0.2, 0.25) is 0 Å². The Morgan fingerprint density at radius 3 is 2.71 bits per heavy atom. The molecule has 0 aromatic carbocycles. The summed E-state index contributed by atoms with van der Waals surface area (Å²) < 4.78 is 0. The molecule has 2 unspecified atom stereocenters. The van der Waals surface area contributed by atoms with Gasteiger partial charge in [-0.2, -0.15) is 0 Å². The molecule has 1 N–H and O–H groups in total. The highest BCUT2D eigenvalue weighted by Crippen LogP contribution is 2.22. The Balaban J connectivity index is 2.32. The molecule has 102 valence electrons. The molecule has 0 aliphatic carbocycles. The molecule has 2 heteroatoms. The van der Waals surface area contributed by atoms with Gasteiger partial charge in [-0.25, -0.2) is 0 Å². The van der Waals surface area contributed by atoms with Gasteiger partial charge in [-0.15, -0.1) is 0 Å². The van der Waals surface area contributed by atoms with Crippen molar-refractivity contribution in [2.75, 3.05) is 19.6 Å². The lowest BCUT2D eigenvalue weighted by molar-refractivity contribution is 0.135. The van der Waals surface area contributed by atoms with Crippen molar-refractivity contribution in [1.29, 1.82) is 0 Å². The third-order valence-corrected chi connectivity index (χ3v) is 4.13. The average molecular weight is 240 g/mol. The van der Waals surface area contributed by atoms with Crippen LogP contribution in [0.3, 0.4) is 0 Å². The van der Waals surface area contributed by atoms with Crippen molar-refractivity contribution in [2.24, 2.45) is 0 Å². The summed E-state index contributed by atoms with van der Waals surface area (Å²) in [4.78, 5) is 2.78. The van der Waals surface area contributed by atoms with Crippen LogP contribution < -0.4 is 5.32 Å². The molecule has 0 saturated carbocycles. The minimum Gasteiger partial charge on any atom is -0.317 e. The Morgan fingerprint density at radius 2 is 2.00 bits per heavy atom.